The number of carboxylic acid groups (broad SMARTS) is 1. The Labute approximate surface area is 133 Å². The van der Waals surface area contributed by atoms with E-state index < -0.39 is 34.3 Å². The molecule has 0 unspecified atom stereocenters. The molecule has 2 rings (SSSR count). The van der Waals surface area contributed by atoms with E-state index in [1.54, 1.807) is 0 Å². The second-order valence-corrected chi connectivity index (χ2v) is 7.18. The zero-order chi connectivity index (χ0) is 17.0. The van der Waals surface area contributed by atoms with Crippen LogP contribution in [0.5, 0.6) is 0 Å². The van der Waals surface area contributed by atoms with Crippen molar-refractivity contribution in [2.45, 2.75) is 17.7 Å². The molecule has 1 aliphatic heterocycles. The molecular weight excluding hydrogens is 327 g/mol. The summed E-state index contributed by atoms with van der Waals surface area (Å²) in [7, 11) is -3.71. The fourth-order valence-corrected chi connectivity index (χ4v) is 3.89. The first-order valence-electron chi connectivity index (χ1n) is 7.06. The van der Waals surface area contributed by atoms with Crippen LogP contribution in [-0.2, 0) is 19.6 Å². The molecular formula is C14H17FN2O5S. The highest BCUT2D eigenvalue weighted by Crippen LogP contribution is 2.24. The number of carbonyl (C=O) groups excluding carboxylic acids is 1. The van der Waals surface area contributed by atoms with Crippen molar-refractivity contribution >= 4 is 21.9 Å². The Bertz CT molecular complexity index is 682. The molecule has 1 aliphatic rings. The Balaban J connectivity index is 1.97. The van der Waals surface area contributed by atoms with Crippen molar-refractivity contribution in [2.75, 3.05) is 19.6 Å². The number of hydrogen-bond acceptors (Lipinski definition) is 4. The lowest BCUT2D eigenvalue weighted by Crippen LogP contribution is -2.43. The number of carboxylic acids is 1. The summed E-state index contributed by atoms with van der Waals surface area (Å²) in [4.78, 5) is 22.2. The van der Waals surface area contributed by atoms with Gasteiger partial charge < -0.3 is 10.4 Å². The zero-order valence-corrected chi connectivity index (χ0v) is 13.1. The molecule has 9 heteroatoms. The number of nitrogens with one attached hydrogen (secondary N) is 1. The molecule has 1 heterocycles. The van der Waals surface area contributed by atoms with Crippen LogP contribution in [0.3, 0.4) is 0 Å². The zero-order valence-electron chi connectivity index (χ0n) is 12.2. The van der Waals surface area contributed by atoms with Crippen LogP contribution in [0, 0.1) is 11.7 Å². The van der Waals surface area contributed by atoms with Gasteiger partial charge >= 0.3 is 5.97 Å². The highest BCUT2D eigenvalue weighted by Gasteiger charge is 2.32. The van der Waals surface area contributed by atoms with Gasteiger partial charge in [0.25, 0.3) is 0 Å². The maximum atomic E-state index is 12.9. The van der Waals surface area contributed by atoms with Gasteiger partial charge in [-0.1, -0.05) is 0 Å². The summed E-state index contributed by atoms with van der Waals surface area (Å²) in [5, 5.41) is 10.8. The molecule has 1 aromatic carbocycles. The van der Waals surface area contributed by atoms with Gasteiger partial charge in [0, 0.05) is 19.0 Å². The molecule has 0 aromatic heterocycles. The molecule has 0 radical (unpaired) electrons. The van der Waals surface area contributed by atoms with Gasteiger partial charge in [-0.2, -0.15) is 4.31 Å². The molecule has 1 aromatic rings. The van der Waals surface area contributed by atoms with Crippen LogP contribution in [0.4, 0.5) is 4.39 Å². The number of rotatable bonds is 5. The third-order valence-electron chi connectivity index (χ3n) is 3.69. The maximum Gasteiger partial charge on any atom is 0.322 e. The molecule has 0 saturated carbocycles. The average molecular weight is 344 g/mol. The molecule has 0 atom stereocenters. The van der Waals surface area contributed by atoms with Gasteiger partial charge in [0.15, 0.2) is 0 Å². The minimum absolute atomic E-state index is 0.00711. The van der Waals surface area contributed by atoms with Crippen molar-refractivity contribution in [3.63, 3.8) is 0 Å². The standard InChI is InChI=1S/C14H17FN2O5S/c15-11-1-3-12(4-2-11)23(21,22)17-7-5-10(6-8-17)14(20)16-9-13(18)19/h1-4,10H,5-9H2,(H,16,20)(H,18,19). The number of amides is 1. The molecule has 1 saturated heterocycles. The molecule has 23 heavy (non-hydrogen) atoms. The summed E-state index contributed by atoms with van der Waals surface area (Å²) >= 11 is 0. The van der Waals surface area contributed by atoms with E-state index in [0.29, 0.717) is 12.8 Å². The largest absolute Gasteiger partial charge is 0.480 e. The van der Waals surface area contributed by atoms with Gasteiger partial charge in [-0.15, -0.1) is 0 Å². The van der Waals surface area contributed by atoms with E-state index in [2.05, 4.69) is 5.32 Å². The summed E-state index contributed by atoms with van der Waals surface area (Å²) in [5.41, 5.74) is 0. The Morgan fingerprint density at radius 3 is 2.30 bits per heavy atom. The average Bonchev–Trinajstić information content (AvgIpc) is 2.53. The minimum atomic E-state index is -3.71. The van der Waals surface area contributed by atoms with E-state index in [1.165, 1.54) is 16.4 Å². The molecule has 126 valence electrons. The van der Waals surface area contributed by atoms with E-state index in [1.807, 2.05) is 0 Å². The summed E-state index contributed by atoms with van der Waals surface area (Å²) in [6.07, 6.45) is 0.623. The number of aliphatic carboxylic acids is 1. The number of halogens is 1. The van der Waals surface area contributed by atoms with Gasteiger partial charge in [-0.3, -0.25) is 9.59 Å². The van der Waals surface area contributed by atoms with Gasteiger partial charge in [0.2, 0.25) is 15.9 Å². The SMILES string of the molecule is O=C(O)CNC(=O)C1CCN(S(=O)(=O)c2ccc(F)cc2)CC1. The number of sulfonamides is 1. The van der Waals surface area contributed by atoms with Crippen molar-refractivity contribution < 1.29 is 27.5 Å². The second kappa shape index (κ2) is 7.05. The lowest BCUT2D eigenvalue weighted by atomic mass is 9.97. The van der Waals surface area contributed by atoms with E-state index >= 15 is 0 Å². The van der Waals surface area contributed by atoms with E-state index in [4.69, 9.17) is 5.11 Å². The number of benzene rings is 1. The Morgan fingerprint density at radius 1 is 1.22 bits per heavy atom. The molecule has 7 nitrogen and oxygen atoms in total. The van der Waals surface area contributed by atoms with E-state index in [-0.39, 0.29) is 23.9 Å². The van der Waals surface area contributed by atoms with Crippen molar-refractivity contribution in [3.8, 4) is 0 Å². The lowest BCUT2D eigenvalue weighted by Gasteiger charge is -2.30. The van der Waals surface area contributed by atoms with Crippen molar-refractivity contribution in [1.82, 2.24) is 9.62 Å². The topological polar surface area (TPSA) is 104 Å². The van der Waals surface area contributed by atoms with Crippen molar-refractivity contribution in [2.24, 2.45) is 5.92 Å². The first-order chi connectivity index (χ1) is 10.8. The van der Waals surface area contributed by atoms with Crippen LogP contribution in [-0.4, -0.2) is 49.3 Å². The number of carbonyl (C=O) groups is 2. The van der Waals surface area contributed by atoms with E-state index in [9.17, 15) is 22.4 Å². The highest BCUT2D eigenvalue weighted by molar-refractivity contribution is 7.89. The maximum absolute atomic E-state index is 12.9. The van der Waals surface area contributed by atoms with Gasteiger partial charge in [0.1, 0.15) is 12.4 Å². The van der Waals surface area contributed by atoms with Crippen LogP contribution in [0.15, 0.2) is 29.2 Å². The normalized spacial score (nSPS) is 16.9. The monoisotopic (exact) mass is 344 g/mol. The number of hydrogen-bond donors (Lipinski definition) is 2. The van der Waals surface area contributed by atoms with Crippen LogP contribution in [0.25, 0.3) is 0 Å². The molecule has 2 N–H and O–H groups in total. The molecule has 0 aliphatic carbocycles. The van der Waals surface area contributed by atoms with Gasteiger partial charge in [-0.05, 0) is 37.1 Å². The van der Waals surface area contributed by atoms with Gasteiger partial charge in [-0.25, -0.2) is 12.8 Å². The lowest BCUT2D eigenvalue weighted by molar-refractivity contribution is -0.138. The highest BCUT2D eigenvalue weighted by atomic mass is 32.2. The molecule has 0 bridgehead atoms. The Hall–Kier alpha value is -2.00. The van der Waals surface area contributed by atoms with Crippen molar-refractivity contribution in [3.05, 3.63) is 30.1 Å². The number of piperidine rings is 1. The summed E-state index contributed by atoms with van der Waals surface area (Å²) < 4.78 is 39.0. The summed E-state index contributed by atoms with van der Waals surface area (Å²) in [6.45, 7) is -0.136. The molecule has 1 fully saturated rings. The van der Waals surface area contributed by atoms with Gasteiger partial charge in [0.05, 0.1) is 4.90 Å². The second-order valence-electron chi connectivity index (χ2n) is 5.24. The first-order valence-corrected chi connectivity index (χ1v) is 8.50. The quantitative estimate of drug-likeness (QED) is 0.806. The molecule has 1 amide bonds. The van der Waals surface area contributed by atoms with Crippen molar-refractivity contribution in [1.29, 1.82) is 0 Å². The predicted molar refractivity (Wildman–Crippen MR) is 78.5 cm³/mol. The predicted octanol–water partition coefficient (Wildman–Crippen LogP) is 0.427. The Kier molecular flexibility index (Phi) is 5.32. The van der Waals surface area contributed by atoms with E-state index in [0.717, 1.165) is 12.1 Å². The molecule has 0 spiro atoms. The Morgan fingerprint density at radius 2 is 1.78 bits per heavy atom. The first kappa shape index (κ1) is 17.4. The third-order valence-corrected chi connectivity index (χ3v) is 5.60. The van der Waals surface area contributed by atoms with Crippen LogP contribution >= 0.6 is 0 Å². The third kappa shape index (κ3) is 4.26. The summed E-state index contributed by atoms with van der Waals surface area (Å²) in [5.74, 6) is -2.44. The smallest absolute Gasteiger partial charge is 0.322 e. The fourth-order valence-electron chi connectivity index (χ4n) is 2.42. The summed E-state index contributed by atoms with van der Waals surface area (Å²) in [6, 6.07) is 4.57. The van der Waals surface area contributed by atoms with Crippen LogP contribution in [0.1, 0.15) is 12.8 Å². The van der Waals surface area contributed by atoms with Crippen LogP contribution in [0.2, 0.25) is 0 Å². The minimum Gasteiger partial charge on any atom is -0.480 e. The fraction of sp³-hybridized carbons (Fsp3) is 0.429. The van der Waals surface area contributed by atoms with Crippen LogP contribution < -0.4 is 5.32 Å². The number of nitrogens with zero attached hydrogens (tertiary/aromatic N) is 1.